The molecule has 1 aliphatic heterocycles. The molecule has 0 saturated carbocycles. The zero-order valence-electron chi connectivity index (χ0n) is 9.29. The van der Waals surface area contributed by atoms with Crippen LogP contribution in [0.4, 0.5) is 5.95 Å². The Labute approximate surface area is 102 Å². The lowest BCUT2D eigenvalue weighted by atomic mass is 10.2. The van der Waals surface area contributed by atoms with Crippen LogP contribution >= 0.6 is 0 Å². The molecule has 0 bridgehead atoms. The van der Waals surface area contributed by atoms with Crippen LogP contribution in [-0.4, -0.2) is 33.8 Å². The summed E-state index contributed by atoms with van der Waals surface area (Å²) in [5.74, 6) is 1.14. The standard InChI is InChI=1S/C11H10N4O3/c16-10(14-11-12-6-13-15-11)9-5-17-7-3-1-2-4-8(7)18-9/h1-4,6,9H,5H2,(H2,12,13,14,15,16)/t9-/m0/s1. The summed E-state index contributed by atoms with van der Waals surface area (Å²) in [6.45, 7) is 0.164. The maximum atomic E-state index is 11.9. The number of rotatable bonds is 2. The van der Waals surface area contributed by atoms with Crippen molar-refractivity contribution in [1.29, 1.82) is 0 Å². The maximum Gasteiger partial charge on any atom is 0.271 e. The second kappa shape index (κ2) is 4.36. The number of aromatic nitrogens is 3. The summed E-state index contributed by atoms with van der Waals surface area (Å²) in [5.41, 5.74) is 0. The lowest BCUT2D eigenvalue weighted by Crippen LogP contribution is -2.40. The Bertz CT molecular complexity index is 555. The van der Waals surface area contributed by atoms with Gasteiger partial charge in [-0.15, -0.1) is 0 Å². The van der Waals surface area contributed by atoms with Crippen LogP contribution in [0, 0.1) is 0 Å². The molecule has 0 unspecified atom stereocenters. The minimum absolute atomic E-state index is 0.164. The lowest BCUT2D eigenvalue weighted by molar-refractivity contribution is -0.125. The minimum Gasteiger partial charge on any atom is -0.485 e. The van der Waals surface area contributed by atoms with E-state index in [9.17, 15) is 4.79 Å². The van der Waals surface area contributed by atoms with Crippen molar-refractivity contribution in [2.24, 2.45) is 0 Å². The third-order valence-corrected chi connectivity index (χ3v) is 2.46. The average molecular weight is 246 g/mol. The number of aromatic amines is 1. The van der Waals surface area contributed by atoms with Crippen molar-refractivity contribution in [3.63, 3.8) is 0 Å². The number of hydrogen-bond acceptors (Lipinski definition) is 5. The van der Waals surface area contributed by atoms with Gasteiger partial charge < -0.3 is 9.47 Å². The molecule has 0 saturated heterocycles. The van der Waals surface area contributed by atoms with Gasteiger partial charge in [0, 0.05) is 0 Å². The first kappa shape index (κ1) is 10.6. The predicted molar refractivity (Wildman–Crippen MR) is 61.4 cm³/mol. The average Bonchev–Trinajstić information content (AvgIpc) is 2.91. The van der Waals surface area contributed by atoms with Gasteiger partial charge in [-0.2, -0.15) is 10.1 Å². The van der Waals surface area contributed by atoms with Crippen LogP contribution in [0.2, 0.25) is 0 Å². The van der Waals surface area contributed by atoms with E-state index in [1.807, 2.05) is 12.1 Å². The quantitative estimate of drug-likeness (QED) is 0.809. The maximum absolute atomic E-state index is 11.9. The van der Waals surface area contributed by atoms with Crippen LogP contribution in [0.25, 0.3) is 0 Å². The first-order valence-electron chi connectivity index (χ1n) is 5.37. The van der Waals surface area contributed by atoms with E-state index < -0.39 is 6.10 Å². The number of carbonyl (C=O) groups excluding carboxylic acids is 1. The van der Waals surface area contributed by atoms with Gasteiger partial charge in [0.1, 0.15) is 12.9 Å². The molecule has 0 spiro atoms. The molecule has 1 atom stereocenters. The molecular formula is C11H10N4O3. The highest BCUT2D eigenvalue weighted by atomic mass is 16.6. The van der Waals surface area contributed by atoms with Gasteiger partial charge in [-0.05, 0) is 12.1 Å². The van der Waals surface area contributed by atoms with E-state index in [0.29, 0.717) is 11.5 Å². The number of para-hydroxylation sites is 2. The number of ether oxygens (including phenoxy) is 2. The van der Waals surface area contributed by atoms with Crippen molar-refractivity contribution >= 4 is 11.9 Å². The number of fused-ring (bicyclic) bond motifs is 1. The highest BCUT2D eigenvalue weighted by Crippen LogP contribution is 2.30. The summed E-state index contributed by atoms with van der Waals surface area (Å²) in [4.78, 5) is 15.7. The second-order valence-corrected chi connectivity index (χ2v) is 3.69. The second-order valence-electron chi connectivity index (χ2n) is 3.69. The summed E-state index contributed by atoms with van der Waals surface area (Å²) in [7, 11) is 0. The van der Waals surface area contributed by atoms with E-state index >= 15 is 0 Å². The number of hydrogen-bond donors (Lipinski definition) is 2. The Morgan fingerprint density at radius 2 is 2.22 bits per heavy atom. The van der Waals surface area contributed by atoms with E-state index in [4.69, 9.17) is 9.47 Å². The first-order chi connectivity index (χ1) is 8.83. The molecule has 1 aromatic carbocycles. The number of carbonyl (C=O) groups is 1. The zero-order valence-corrected chi connectivity index (χ0v) is 9.29. The summed E-state index contributed by atoms with van der Waals surface area (Å²) in [6.07, 6.45) is 0.605. The molecular weight excluding hydrogens is 236 g/mol. The zero-order chi connectivity index (χ0) is 12.4. The van der Waals surface area contributed by atoms with E-state index in [2.05, 4.69) is 20.5 Å². The molecule has 1 aromatic heterocycles. The summed E-state index contributed by atoms with van der Waals surface area (Å²) >= 11 is 0. The molecule has 7 nitrogen and oxygen atoms in total. The molecule has 3 rings (SSSR count). The highest BCUT2D eigenvalue weighted by Gasteiger charge is 2.27. The smallest absolute Gasteiger partial charge is 0.271 e. The van der Waals surface area contributed by atoms with Crippen LogP contribution in [0.5, 0.6) is 11.5 Å². The molecule has 7 heteroatoms. The monoisotopic (exact) mass is 246 g/mol. The SMILES string of the molecule is O=C(Nc1ncn[nH]1)[C@@H]1COc2ccccc2O1. The van der Waals surface area contributed by atoms with Crippen LogP contribution < -0.4 is 14.8 Å². The highest BCUT2D eigenvalue weighted by molar-refractivity contribution is 5.93. The molecule has 92 valence electrons. The molecule has 1 aliphatic rings. The van der Waals surface area contributed by atoms with Gasteiger partial charge >= 0.3 is 0 Å². The molecule has 1 amide bonds. The van der Waals surface area contributed by atoms with Crippen molar-refractivity contribution in [3.8, 4) is 11.5 Å². The van der Waals surface area contributed by atoms with Crippen LogP contribution in [0.1, 0.15) is 0 Å². The van der Waals surface area contributed by atoms with Gasteiger partial charge in [-0.1, -0.05) is 12.1 Å². The van der Waals surface area contributed by atoms with E-state index in [1.165, 1.54) is 6.33 Å². The Morgan fingerprint density at radius 1 is 1.39 bits per heavy atom. The number of benzene rings is 1. The van der Waals surface area contributed by atoms with Crippen LogP contribution in [-0.2, 0) is 4.79 Å². The third kappa shape index (κ3) is 1.97. The molecule has 2 aromatic rings. The fourth-order valence-corrected chi connectivity index (χ4v) is 1.61. The summed E-state index contributed by atoms with van der Waals surface area (Å²) in [5, 5.41) is 8.72. The number of nitrogens with one attached hydrogen (secondary N) is 2. The molecule has 0 aliphatic carbocycles. The Hall–Kier alpha value is -2.57. The fourth-order valence-electron chi connectivity index (χ4n) is 1.61. The molecule has 0 radical (unpaired) electrons. The van der Waals surface area contributed by atoms with Crippen LogP contribution in [0.15, 0.2) is 30.6 Å². The van der Waals surface area contributed by atoms with Crippen LogP contribution in [0.3, 0.4) is 0 Å². The van der Waals surface area contributed by atoms with E-state index in [0.717, 1.165) is 0 Å². The summed E-state index contributed by atoms with van der Waals surface area (Å²) < 4.78 is 11.0. The van der Waals surface area contributed by atoms with Gasteiger partial charge in [-0.25, -0.2) is 5.10 Å². The number of anilines is 1. The third-order valence-electron chi connectivity index (χ3n) is 2.46. The predicted octanol–water partition coefficient (Wildman–Crippen LogP) is 0.583. The molecule has 0 fully saturated rings. The summed E-state index contributed by atoms with van der Waals surface area (Å²) in [6, 6.07) is 7.21. The van der Waals surface area contributed by atoms with E-state index in [-0.39, 0.29) is 18.5 Å². The number of nitrogens with zero attached hydrogens (tertiary/aromatic N) is 2. The Balaban J connectivity index is 1.70. The van der Waals surface area contributed by atoms with Crippen molar-refractivity contribution in [2.45, 2.75) is 6.10 Å². The fraction of sp³-hybridized carbons (Fsp3) is 0.182. The Kier molecular flexibility index (Phi) is 2.56. The van der Waals surface area contributed by atoms with Crippen molar-refractivity contribution in [3.05, 3.63) is 30.6 Å². The van der Waals surface area contributed by atoms with Gasteiger partial charge in [0.2, 0.25) is 12.1 Å². The van der Waals surface area contributed by atoms with Gasteiger partial charge in [0.05, 0.1) is 0 Å². The van der Waals surface area contributed by atoms with Crippen molar-refractivity contribution in [2.75, 3.05) is 11.9 Å². The lowest BCUT2D eigenvalue weighted by Gasteiger charge is -2.25. The van der Waals surface area contributed by atoms with Crippen molar-refractivity contribution in [1.82, 2.24) is 15.2 Å². The van der Waals surface area contributed by atoms with Gasteiger partial charge in [-0.3, -0.25) is 10.1 Å². The molecule has 18 heavy (non-hydrogen) atoms. The largest absolute Gasteiger partial charge is 0.485 e. The number of H-pyrrole nitrogens is 1. The topological polar surface area (TPSA) is 89.1 Å². The first-order valence-corrected chi connectivity index (χ1v) is 5.37. The van der Waals surface area contributed by atoms with E-state index in [1.54, 1.807) is 12.1 Å². The van der Waals surface area contributed by atoms with Gasteiger partial charge in [0.15, 0.2) is 11.5 Å². The molecule has 2 heterocycles. The Morgan fingerprint density at radius 3 is 3.00 bits per heavy atom. The minimum atomic E-state index is -0.704. The number of amides is 1. The van der Waals surface area contributed by atoms with Gasteiger partial charge in [0.25, 0.3) is 5.91 Å². The molecule has 2 N–H and O–H groups in total. The normalized spacial score (nSPS) is 17.2. The van der Waals surface area contributed by atoms with Crippen molar-refractivity contribution < 1.29 is 14.3 Å².